The molecular formula is C20H27N5O2. The van der Waals surface area contributed by atoms with Crippen molar-refractivity contribution in [2.24, 2.45) is 0 Å². The topological polar surface area (TPSA) is 79.3 Å². The fourth-order valence-corrected chi connectivity index (χ4v) is 3.48. The molecule has 0 radical (unpaired) electrons. The number of carbonyl (C=O) groups is 2. The van der Waals surface area contributed by atoms with Crippen LogP contribution in [0.15, 0.2) is 30.3 Å². The number of carbonyl (C=O) groups excluding carboxylic acids is 2. The molecule has 3 amide bonds. The summed E-state index contributed by atoms with van der Waals surface area (Å²) >= 11 is 0. The molecule has 144 valence electrons. The number of benzene rings is 1. The molecule has 1 aliphatic heterocycles. The third-order valence-corrected chi connectivity index (χ3v) is 4.91. The molecule has 0 aliphatic carbocycles. The van der Waals surface area contributed by atoms with Crippen molar-refractivity contribution < 1.29 is 9.59 Å². The predicted molar refractivity (Wildman–Crippen MR) is 105 cm³/mol. The zero-order valence-corrected chi connectivity index (χ0v) is 16.2. The second kappa shape index (κ2) is 8.24. The Hall–Kier alpha value is -2.83. The largest absolute Gasteiger partial charge is 0.353 e. The number of nitrogens with zero attached hydrogens (tertiary/aromatic N) is 3. The number of aryl methyl sites for hydroxylation is 2. The van der Waals surface area contributed by atoms with E-state index in [-0.39, 0.29) is 11.9 Å². The molecule has 7 nitrogen and oxygen atoms in total. The number of urea groups is 1. The Balaban J connectivity index is 1.78. The number of hydrogen-bond acceptors (Lipinski definition) is 3. The minimum atomic E-state index is -0.521. The molecule has 0 spiro atoms. The Bertz CT molecular complexity index is 815. The summed E-state index contributed by atoms with van der Waals surface area (Å²) in [6.07, 6.45) is 1.47. The highest BCUT2D eigenvalue weighted by atomic mass is 16.2. The average molecular weight is 369 g/mol. The molecule has 2 heterocycles. The van der Waals surface area contributed by atoms with E-state index < -0.39 is 6.04 Å². The molecule has 1 aromatic heterocycles. The normalized spacial score (nSPS) is 16.9. The van der Waals surface area contributed by atoms with Gasteiger partial charge in [-0.3, -0.25) is 9.48 Å². The first kappa shape index (κ1) is 18.9. The highest BCUT2D eigenvalue weighted by Crippen LogP contribution is 2.21. The van der Waals surface area contributed by atoms with Crippen molar-refractivity contribution >= 4 is 17.6 Å². The van der Waals surface area contributed by atoms with Gasteiger partial charge in [-0.1, -0.05) is 37.3 Å². The lowest BCUT2D eigenvalue weighted by atomic mass is 10.0. The highest BCUT2D eigenvalue weighted by molar-refractivity contribution is 5.95. The fraction of sp³-hybridized carbons (Fsp3) is 0.450. The minimum Gasteiger partial charge on any atom is -0.353 e. The molecule has 27 heavy (non-hydrogen) atoms. The standard InChI is InChI=1S/C20H27N5O2/c1-4-11-25-15(3)18(14(2)23-25)22-20(27)24-12-10-21-19(26)17(24)13-16-8-6-5-7-9-16/h5-9,17H,4,10-13H2,1-3H3,(H,21,26)(H,22,27)/t17-/m1/s1. The lowest BCUT2D eigenvalue weighted by Crippen LogP contribution is -2.59. The number of aromatic nitrogens is 2. The summed E-state index contributed by atoms with van der Waals surface area (Å²) in [6.45, 7) is 7.69. The summed E-state index contributed by atoms with van der Waals surface area (Å²) in [5.41, 5.74) is 3.48. The Morgan fingerprint density at radius 3 is 2.74 bits per heavy atom. The predicted octanol–water partition coefficient (Wildman–Crippen LogP) is 2.48. The summed E-state index contributed by atoms with van der Waals surface area (Å²) in [7, 11) is 0. The maximum atomic E-state index is 13.0. The van der Waals surface area contributed by atoms with Gasteiger partial charge < -0.3 is 15.5 Å². The summed E-state index contributed by atoms with van der Waals surface area (Å²) in [5.74, 6) is -0.115. The van der Waals surface area contributed by atoms with Gasteiger partial charge in [0.1, 0.15) is 6.04 Å². The van der Waals surface area contributed by atoms with Crippen LogP contribution < -0.4 is 10.6 Å². The molecular weight excluding hydrogens is 342 g/mol. The zero-order valence-electron chi connectivity index (χ0n) is 16.2. The maximum Gasteiger partial charge on any atom is 0.322 e. The Morgan fingerprint density at radius 1 is 1.30 bits per heavy atom. The van der Waals surface area contributed by atoms with E-state index in [4.69, 9.17) is 0 Å². The molecule has 0 bridgehead atoms. The fourth-order valence-electron chi connectivity index (χ4n) is 3.48. The minimum absolute atomic E-state index is 0.115. The van der Waals surface area contributed by atoms with Gasteiger partial charge in [0.25, 0.3) is 0 Å². The molecule has 3 rings (SSSR count). The monoisotopic (exact) mass is 369 g/mol. The molecule has 2 aromatic rings. The summed E-state index contributed by atoms with van der Waals surface area (Å²) in [6, 6.07) is 8.99. The molecule has 1 aromatic carbocycles. The number of rotatable bonds is 5. The average Bonchev–Trinajstić information content (AvgIpc) is 2.92. The van der Waals surface area contributed by atoms with Gasteiger partial charge in [-0.2, -0.15) is 5.10 Å². The van der Waals surface area contributed by atoms with Gasteiger partial charge in [-0.25, -0.2) is 4.79 Å². The second-order valence-corrected chi connectivity index (χ2v) is 6.89. The van der Waals surface area contributed by atoms with Crippen molar-refractivity contribution in [1.29, 1.82) is 0 Å². The molecule has 0 unspecified atom stereocenters. The van der Waals surface area contributed by atoms with E-state index in [0.717, 1.165) is 35.6 Å². The van der Waals surface area contributed by atoms with Gasteiger partial charge in [0, 0.05) is 26.1 Å². The number of piperazine rings is 1. The van der Waals surface area contributed by atoms with Crippen LogP contribution >= 0.6 is 0 Å². The van der Waals surface area contributed by atoms with Crippen molar-refractivity contribution in [3.05, 3.63) is 47.3 Å². The van der Waals surface area contributed by atoms with Gasteiger partial charge >= 0.3 is 6.03 Å². The molecule has 1 aliphatic rings. The van der Waals surface area contributed by atoms with Crippen LogP contribution in [0.3, 0.4) is 0 Å². The maximum absolute atomic E-state index is 13.0. The van der Waals surface area contributed by atoms with Crippen LogP contribution in [0.4, 0.5) is 10.5 Å². The highest BCUT2D eigenvalue weighted by Gasteiger charge is 2.33. The summed E-state index contributed by atoms with van der Waals surface area (Å²) < 4.78 is 1.91. The summed E-state index contributed by atoms with van der Waals surface area (Å²) in [5, 5.41) is 10.4. The van der Waals surface area contributed by atoms with Crippen LogP contribution in [0.1, 0.15) is 30.3 Å². The van der Waals surface area contributed by atoms with E-state index in [1.807, 2.05) is 48.9 Å². The first-order chi connectivity index (χ1) is 13.0. The number of anilines is 1. The van der Waals surface area contributed by atoms with Crippen LogP contribution in [0.25, 0.3) is 0 Å². The number of amides is 3. The van der Waals surface area contributed by atoms with Crippen molar-refractivity contribution in [1.82, 2.24) is 20.0 Å². The second-order valence-electron chi connectivity index (χ2n) is 6.89. The molecule has 7 heteroatoms. The smallest absolute Gasteiger partial charge is 0.322 e. The quantitative estimate of drug-likeness (QED) is 0.850. The van der Waals surface area contributed by atoms with E-state index in [0.29, 0.717) is 19.5 Å². The molecule has 2 N–H and O–H groups in total. The van der Waals surface area contributed by atoms with E-state index in [9.17, 15) is 9.59 Å². The van der Waals surface area contributed by atoms with Crippen LogP contribution in [0.2, 0.25) is 0 Å². The Morgan fingerprint density at radius 2 is 2.04 bits per heavy atom. The van der Waals surface area contributed by atoms with Crippen LogP contribution in [-0.2, 0) is 17.8 Å². The molecule has 1 atom stereocenters. The van der Waals surface area contributed by atoms with Crippen LogP contribution in [0, 0.1) is 13.8 Å². The van der Waals surface area contributed by atoms with Gasteiger partial charge in [0.15, 0.2) is 0 Å². The molecule has 1 fully saturated rings. The van der Waals surface area contributed by atoms with E-state index in [1.54, 1.807) is 4.90 Å². The Labute approximate surface area is 159 Å². The first-order valence-electron chi connectivity index (χ1n) is 9.44. The SMILES string of the molecule is CCCn1nc(C)c(NC(=O)N2CCNC(=O)[C@H]2Cc2ccccc2)c1C. The van der Waals surface area contributed by atoms with Crippen LogP contribution in [0.5, 0.6) is 0 Å². The lowest BCUT2D eigenvalue weighted by Gasteiger charge is -2.35. The van der Waals surface area contributed by atoms with E-state index in [1.165, 1.54) is 0 Å². The Kier molecular flexibility index (Phi) is 5.78. The van der Waals surface area contributed by atoms with Crippen LogP contribution in [-0.4, -0.2) is 45.8 Å². The third-order valence-electron chi connectivity index (χ3n) is 4.91. The molecule has 0 saturated carbocycles. The van der Waals surface area contributed by atoms with Gasteiger partial charge in [0.2, 0.25) is 5.91 Å². The van der Waals surface area contributed by atoms with Gasteiger partial charge in [-0.05, 0) is 25.8 Å². The first-order valence-corrected chi connectivity index (χ1v) is 9.44. The van der Waals surface area contributed by atoms with Gasteiger partial charge in [0.05, 0.1) is 17.1 Å². The summed E-state index contributed by atoms with van der Waals surface area (Å²) in [4.78, 5) is 27.0. The number of nitrogens with one attached hydrogen (secondary N) is 2. The van der Waals surface area contributed by atoms with Crippen molar-refractivity contribution in [3.8, 4) is 0 Å². The molecule has 1 saturated heterocycles. The third kappa shape index (κ3) is 4.13. The van der Waals surface area contributed by atoms with Crippen molar-refractivity contribution in [2.45, 2.75) is 46.2 Å². The van der Waals surface area contributed by atoms with Crippen molar-refractivity contribution in [3.63, 3.8) is 0 Å². The van der Waals surface area contributed by atoms with E-state index in [2.05, 4.69) is 22.7 Å². The van der Waals surface area contributed by atoms with E-state index >= 15 is 0 Å². The van der Waals surface area contributed by atoms with Gasteiger partial charge in [-0.15, -0.1) is 0 Å². The van der Waals surface area contributed by atoms with Crippen molar-refractivity contribution in [2.75, 3.05) is 18.4 Å². The number of hydrogen-bond donors (Lipinski definition) is 2. The lowest BCUT2D eigenvalue weighted by molar-refractivity contribution is -0.127. The zero-order chi connectivity index (χ0) is 19.4.